The highest BCUT2D eigenvalue weighted by Gasteiger charge is 2.33. The molecule has 0 saturated carbocycles. The van der Waals surface area contributed by atoms with Crippen LogP contribution in [0.1, 0.15) is 42.5 Å². The van der Waals surface area contributed by atoms with Gasteiger partial charge in [-0.15, -0.1) is 0 Å². The average molecular weight is 368 g/mol. The van der Waals surface area contributed by atoms with Crippen LogP contribution in [0.4, 0.5) is 0 Å². The third-order valence-electron chi connectivity index (χ3n) is 4.80. The molecule has 6 nitrogen and oxygen atoms in total. The van der Waals surface area contributed by atoms with Crippen LogP contribution < -0.4 is 5.32 Å². The summed E-state index contributed by atoms with van der Waals surface area (Å²) >= 11 is 0. The van der Waals surface area contributed by atoms with Gasteiger partial charge in [-0.05, 0) is 44.7 Å². The molecule has 1 aliphatic rings. The SMILES string of the molecule is Cc1ccc(C)c([C@H](C)NC(=O)[C@@H]2CCCN(S(=O)(=O)N(C)C)C2)c1. The first-order chi connectivity index (χ1) is 11.6. The first-order valence-corrected chi connectivity index (χ1v) is 10.1. The van der Waals surface area contributed by atoms with Crippen molar-refractivity contribution in [3.63, 3.8) is 0 Å². The number of nitrogens with one attached hydrogen (secondary N) is 1. The Morgan fingerprint density at radius 1 is 1.32 bits per heavy atom. The van der Waals surface area contributed by atoms with Gasteiger partial charge < -0.3 is 5.32 Å². The molecule has 0 spiro atoms. The first kappa shape index (κ1) is 19.9. The normalized spacial score (nSPS) is 20.5. The Kier molecular flexibility index (Phi) is 6.24. The van der Waals surface area contributed by atoms with E-state index in [-0.39, 0.29) is 24.4 Å². The summed E-state index contributed by atoms with van der Waals surface area (Å²) in [4.78, 5) is 12.7. The zero-order valence-electron chi connectivity index (χ0n) is 15.7. The standard InChI is InChI=1S/C18H29N3O3S/c1-13-8-9-14(2)17(11-13)15(3)19-18(22)16-7-6-10-21(12-16)25(23,24)20(4)5/h8-9,11,15-16H,6-7,10,12H2,1-5H3,(H,19,22)/t15-,16+/m0/s1. The van der Waals surface area contributed by atoms with Gasteiger partial charge in [0.05, 0.1) is 12.0 Å². The predicted octanol–water partition coefficient (Wildman–Crippen LogP) is 2.00. The molecule has 1 aromatic carbocycles. The van der Waals surface area contributed by atoms with Crippen molar-refractivity contribution in [1.82, 2.24) is 13.9 Å². The van der Waals surface area contributed by atoms with E-state index in [0.717, 1.165) is 16.7 Å². The monoisotopic (exact) mass is 367 g/mol. The minimum atomic E-state index is -3.47. The fourth-order valence-electron chi connectivity index (χ4n) is 3.23. The highest BCUT2D eigenvalue weighted by Crippen LogP contribution is 2.23. The molecule has 1 aliphatic heterocycles. The number of hydrogen-bond acceptors (Lipinski definition) is 3. The van der Waals surface area contributed by atoms with Crippen LogP contribution in [0.25, 0.3) is 0 Å². The van der Waals surface area contributed by atoms with Crippen molar-refractivity contribution in [2.24, 2.45) is 5.92 Å². The van der Waals surface area contributed by atoms with Gasteiger partial charge in [0.1, 0.15) is 0 Å². The molecule has 0 unspecified atom stereocenters. The Hall–Kier alpha value is -1.44. The zero-order valence-corrected chi connectivity index (χ0v) is 16.6. The molecule has 2 rings (SSSR count). The Morgan fingerprint density at radius 3 is 2.64 bits per heavy atom. The lowest BCUT2D eigenvalue weighted by Gasteiger charge is -2.33. The zero-order chi connectivity index (χ0) is 18.8. The van der Waals surface area contributed by atoms with Crippen LogP contribution in [0.3, 0.4) is 0 Å². The van der Waals surface area contributed by atoms with Crippen LogP contribution in [0.2, 0.25) is 0 Å². The van der Waals surface area contributed by atoms with Crippen molar-refractivity contribution in [1.29, 1.82) is 0 Å². The van der Waals surface area contributed by atoms with E-state index in [1.807, 2.05) is 20.8 Å². The summed E-state index contributed by atoms with van der Waals surface area (Å²) in [5.41, 5.74) is 3.39. The Labute approximate surface area is 151 Å². The van der Waals surface area contributed by atoms with E-state index in [9.17, 15) is 13.2 Å². The highest BCUT2D eigenvalue weighted by atomic mass is 32.2. The van der Waals surface area contributed by atoms with Crippen LogP contribution >= 0.6 is 0 Å². The molecule has 0 aliphatic carbocycles. The Bertz CT molecular complexity index is 731. The Morgan fingerprint density at radius 2 is 2.00 bits per heavy atom. The van der Waals surface area contributed by atoms with Crippen LogP contribution in [-0.2, 0) is 15.0 Å². The number of aryl methyl sites for hydroxylation is 2. The molecule has 1 aromatic rings. The second-order valence-electron chi connectivity index (χ2n) is 7.08. The third-order valence-corrected chi connectivity index (χ3v) is 6.71. The van der Waals surface area contributed by atoms with Gasteiger partial charge in [0.15, 0.2) is 0 Å². The number of amides is 1. The van der Waals surface area contributed by atoms with Gasteiger partial charge in [0.25, 0.3) is 10.2 Å². The van der Waals surface area contributed by atoms with Crippen LogP contribution in [0.15, 0.2) is 18.2 Å². The van der Waals surface area contributed by atoms with E-state index in [1.54, 1.807) is 0 Å². The van der Waals surface area contributed by atoms with Crippen molar-refractivity contribution >= 4 is 16.1 Å². The fraction of sp³-hybridized carbons (Fsp3) is 0.611. The lowest BCUT2D eigenvalue weighted by molar-refractivity contribution is -0.126. The molecular formula is C18H29N3O3S. The summed E-state index contributed by atoms with van der Waals surface area (Å²) in [5, 5.41) is 3.06. The molecule has 1 saturated heterocycles. The van der Waals surface area contributed by atoms with Gasteiger partial charge in [-0.25, -0.2) is 0 Å². The summed E-state index contributed by atoms with van der Waals surface area (Å²) in [7, 11) is -0.442. The molecule has 0 aromatic heterocycles. The average Bonchev–Trinajstić information content (AvgIpc) is 2.56. The molecule has 2 atom stereocenters. The second-order valence-corrected chi connectivity index (χ2v) is 9.22. The van der Waals surface area contributed by atoms with Gasteiger partial charge in [0.2, 0.25) is 5.91 Å². The molecule has 0 radical (unpaired) electrons. The van der Waals surface area contributed by atoms with E-state index in [1.165, 1.54) is 22.7 Å². The molecular weight excluding hydrogens is 338 g/mol. The fourth-order valence-corrected chi connectivity index (χ4v) is 4.42. The van der Waals surface area contributed by atoms with Crippen molar-refractivity contribution in [2.75, 3.05) is 27.2 Å². The molecule has 140 valence electrons. The molecule has 25 heavy (non-hydrogen) atoms. The molecule has 0 bridgehead atoms. The Balaban J connectivity index is 2.06. The largest absolute Gasteiger partial charge is 0.349 e. The summed E-state index contributed by atoms with van der Waals surface area (Å²) < 4.78 is 27.2. The smallest absolute Gasteiger partial charge is 0.281 e. The summed E-state index contributed by atoms with van der Waals surface area (Å²) in [6.07, 6.45) is 1.41. The maximum absolute atomic E-state index is 12.7. The maximum atomic E-state index is 12.7. The van der Waals surface area contributed by atoms with Gasteiger partial charge in [-0.2, -0.15) is 17.0 Å². The van der Waals surface area contributed by atoms with E-state index in [2.05, 4.69) is 23.5 Å². The number of piperidine rings is 1. The van der Waals surface area contributed by atoms with Gasteiger partial charge in [-0.1, -0.05) is 23.8 Å². The number of carbonyl (C=O) groups excluding carboxylic acids is 1. The number of benzene rings is 1. The number of rotatable bonds is 5. The first-order valence-electron chi connectivity index (χ1n) is 8.68. The van der Waals surface area contributed by atoms with Crippen molar-refractivity contribution in [3.05, 3.63) is 34.9 Å². The lowest BCUT2D eigenvalue weighted by atomic mass is 9.96. The lowest BCUT2D eigenvalue weighted by Crippen LogP contribution is -2.49. The van der Waals surface area contributed by atoms with Crippen molar-refractivity contribution in [3.8, 4) is 0 Å². The van der Waals surface area contributed by atoms with Gasteiger partial charge in [-0.3, -0.25) is 4.79 Å². The third kappa shape index (κ3) is 4.59. The molecule has 1 fully saturated rings. The number of nitrogens with zero attached hydrogens (tertiary/aromatic N) is 2. The molecule has 1 amide bonds. The van der Waals surface area contributed by atoms with Crippen LogP contribution in [0.5, 0.6) is 0 Å². The van der Waals surface area contributed by atoms with Crippen molar-refractivity contribution < 1.29 is 13.2 Å². The number of carbonyl (C=O) groups is 1. The molecule has 7 heteroatoms. The minimum absolute atomic E-state index is 0.0768. The summed E-state index contributed by atoms with van der Waals surface area (Å²) in [6, 6.07) is 6.09. The van der Waals surface area contributed by atoms with Crippen molar-refractivity contribution in [2.45, 2.75) is 39.7 Å². The summed E-state index contributed by atoms with van der Waals surface area (Å²) in [5.74, 6) is -0.386. The van der Waals surface area contributed by atoms with E-state index in [4.69, 9.17) is 0 Å². The van der Waals surface area contributed by atoms with Gasteiger partial charge in [0, 0.05) is 27.2 Å². The second kappa shape index (κ2) is 7.85. The van der Waals surface area contributed by atoms with E-state index in [0.29, 0.717) is 19.4 Å². The quantitative estimate of drug-likeness (QED) is 0.865. The van der Waals surface area contributed by atoms with Crippen LogP contribution in [-0.4, -0.2) is 50.1 Å². The highest BCUT2D eigenvalue weighted by molar-refractivity contribution is 7.86. The van der Waals surface area contributed by atoms with E-state index < -0.39 is 10.2 Å². The number of hydrogen-bond donors (Lipinski definition) is 1. The molecule has 1 N–H and O–H groups in total. The van der Waals surface area contributed by atoms with Gasteiger partial charge >= 0.3 is 0 Å². The van der Waals surface area contributed by atoms with E-state index >= 15 is 0 Å². The minimum Gasteiger partial charge on any atom is -0.349 e. The van der Waals surface area contributed by atoms with Crippen LogP contribution in [0, 0.1) is 19.8 Å². The molecule has 1 heterocycles. The summed E-state index contributed by atoms with van der Waals surface area (Å²) in [6.45, 7) is 6.74. The topological polar surface area (TPSA) is 69.7 Å². The predicted molar refractivity (Wildman–Crippen MR) is 99.4 cm³/mol. The maximum Gasteiger partial charge on any atom is 0.281 e.